The molecule has 0 spiro atoms. The molecule has 0 radical (unpaired) electrons. The highest BCUT2D eigenvalue weighted by Gasteiger charge is 2.23. The first-order valence-corrected chi connectivity index (χ1v) is 13.8. The Kier molecular flexibility index (Phi) is 9.03. The summed E-state index contributed by atoms with van der Waals surface area (Å²) in [5.74, 6) is 1.46. The van der Waals surface area contributed by atoms with Crippen LogP contribution in [0.2, 0.25) is 0 Å². The van der Waals surface area contributed by atoms with Gasteiger partial charge in [0.05, 0.1) is 7.11 Å². The van der Waals surface area contributed by atoms with Crippen molar-refractivity contribution in [3.05, 3.63) is 106 Å². The Morgan fingerprint density at radius 2 is 1.76 bits per heavy atom. The molecule has 1 N–H and O–H groups in total. The fourth-order valence-corrected chi connectivity index (χ4v) is 5.09. The lowest BCUT2D eigenvalue weighted by Crippen LogP contribution is -2.39. The summed E-state index contributed by atoms with van der Waals surface area (Å²) in [6, 6.07) is 21.7. The van der Waals surface area contributed by atoms with Crippen molar-refractivity contribution in [1.29, 1.82) is 0 Å². The molecule has 5 rings (SSSR count). The van der Waals surface area contributed by atoms with E-state index in [2.05, 4.69) is 39.4 Å². The number of halogens is 1. The highest BCUT2D eigenvalue weighted by molar-refractivity contribution is 5.76. The van der Waals surface area contributed by atoms with E-state index in [4.69, 9.17) is 9.47 Å². The number of aromatic nitrogens is 3. The number of hydrogen-bond donors (Lipinski definition) is 1. The van der Waals surface area contributed by atoms with Crippen LogP contribution >= 0.6 is 0 Å². The summed E-state index contributed by atoms with van der Waals surface area (Å²) in [7, 11) is 1.51. The summed E-state index contributed by atoms with van der Waals surface area (Å²) >= 11 is 0. The van der Waals surface area contributed by atoms with Crippen molar-refractivity contribution in [2.45, 2.75) is 38.7 Å². The van der Waals surface area contributed by atoms with Gasteiger partial charge in [-0.2, -0.15) is 0 Å². The first-order chi connectivity index (χ1) is 20.0. The number of piperidine rings is 1. The molecule has 3 aromatic carbocycles. The maximum atomic E-state index is 13.4. The number of carbonyl (C=O) groups is 1. The molecule has 212 valence electrons. The molecule has 1 aromatic heterocycles. The molecular weight excluding hydrogens is 523 g/mol. The smallest absolute Gasteiger partial charge is 0.273 e. The van der Waals surface area contributed by atoms with Gasteiger partial charge in [-0.3, -0.25) is 9.59 Å². The Bertz CT molecular complexity index is 1530. The topological polar surface area (TPSA) is 97.4 Å². The molecule has 4 aromatic rings. The van der Waals surface area contributed by atoms with E-state index in [0.717, 1.165) is 32.4 Å². The lowest BCUT2D eigenvalue weighted by Gasteiger charge is -2.32. The van der Waals surface area contributed by atoms with Crippen molar-refractivity contribution in [3.8, 4) is 22.9 Å². The van der Waals surface area contributed by atoms with Gasteiger partial charge in [0.25, 0.3) is 5.56 Å². The largest absolute Gasteiger partial charge is 0.493 e. The number of nitrogens with zero attached hydrogens (tertiary/aromatic N) is 3. The first-order valence-electron chi connectivity index (χ1n) is 13.8. The van der Waals surface area contributed by atoms with E-state index < -0.39 is 0 Å². The number of aryl methyl sites for hydroxylation is 1. The lowest BCUT2D eigenvalue weighted by atomic mass is 9.90. The van der Waals surface area contributed by atoms with E-state index in [1.807, 2.05) is 11.0 Å². The molecule has 1 aliphatic heterocycles. The zero-order valence-corrected chi connectivity index (χ0v) is 23.0. The van der Waals surface area contributed by atoms with Crippen LogP contribution in [0.25, 0.3) is 11.4 Å². The molecule has 0 aliphatic carbocycles. The van der Waals surface area contributed by atoms with Gasteiger partial charge in [0.2, 0.25) is 5.91 Å². The van der Waals surface area contributed by atoms with Crippen LogP contribution in [0.1, 0.15) is 36.1 Å². The molecule has 0 saturated carbocycles. The number of rotatable bonds is 10. The molecule has 2 heterocycles. The summed E-state index contributed by atoms with van der Waals surface area (Å²) in [6.45, 7) is 1.64. The number of nitrogens with one attached hydrogen (secondary N) is 1. The quantitative estimate of drug-likeness (QED) is 0.296. The van der Waals surface area contributed by atoms with E-state index in [-0.39, 0.29) is 48.3 Å². The van der Waals surface area contributed by atoms with E-state index in [0.29, 0.717) is 28.5 Å². The molecule has 0 bridgehead atoms. The number of aromatic amines is 1. The second kappa shape index (κ2) is 13.2. The predicted molar refractivity (Wildman–Crippen MR) is 153 cm³/mol. The van der Waals surface area contributed by atoms with Gasteiger partial charge in [-0.05, 0) is 66.6 Å². The van der Waals surface area contributed by atoms with E-state index in [1.165, 1.54) is 24.8 Å². The third kappa shape index (κ3) is 7.36. The van der Waals surface area contributed by atoms with Crippen molar-refractivity contribution >= 4 is 5.91 Å². The molecule has 0 atom stereocenters. The number of carbonyl (C=O) groups excluding carboxylic acids is 1. The van der Waals surface area contributed by atoms with Crippen molar-refractivity contribution in [3.63, 3.8) is 0 Å². The summed E-state index contributed by atoms with van der Waals surface area (Å²) in [5, 5.41) is 8.31. The van der Waals surface area contributed by atoms with Crippen LogP contribution in [0.4, 0.5) is 4.39 Å². The van der Waals surface area contributed by atoms with Crippen LogP contribution in [0.5, 0.6) is 11.5 Å². The second-order valence-electron chi connectivity index (χ2n) is 10.2. The minimum absolute atomic E-state index is 0.0343. The lowest BCUT2D eigenvalue weighted by molar-refractivity contribution is -0.132. The number of amides is 1. The van der Waals surface area contributed by atoms with Crippen LogP contribution in [0, 0.1) is 11.7 Å². The Hall–Kier alpha value is -4.53. The van der Waals surface area contributed by atoms with Gasteiger partial charge in [0.1, 0.15) is 18.1 Å². The van der Waals surface area contributed by atoms with Crippen LogP contribution in [0.15, 0.2) is 77.6 Å². The van der Waals surface area contributed by atoms with Gasteiger partial charge in [-0.1, -0.05) is 42.5 Å². The fraction of sp³-hybridized carbons (Fsp3) is 0.312. The van der Waals surface area contributed by atoms with Gasteiger partial charge < -0.3 is 19.4 Å². The zero-order chi connectivity index (χ0) is 28.6. The molecule has 1 amide bonds. The summed E-state index contributed by atoms with van der Waals surface area (Å²) in [5.41, 5.74) is 2.46. The number of methoxy groups -OCH3 is 1. The molecule has 1 saturated heterocycles. The van der Waals surface area contributed by atoms with Crippen LogP contribution in [-0.4, -0.2) is 46.2 Å². The molecule has 0 unspecified atom stereocenters. The monoisotopic (exact) mass is 556 g/mol. The van der Waals surface area contributed by atoms with Crippen LogP contribution in [-0.2, 0) is 24.2 Å². The number of ether oxygens (including phenoxy) is 2. The molecule has 1 fully saturated rings. The molecular formula is C32H33FN4O4. The average molecular weight is 557 g/mol. The van der Waals surface area contributed by atoms with Gasteiger partial charge in [0, 0.05) is 31.5 Å². The molecule has 1 aliphatic rings. The Morgan fingerprint density at radius 1 is 0.976 bits per heavy atom. The number of likely N-dealkylation sites (tertiary alicyclic amines) is 1. The van der Waals surface area contributed by atoms with Crippen LogP contribution in [0.3, 0.4) is 0 Å². The zero-order valence-electron chi connectivity index (χ0n) is 23.0. The molecule has 8 nitrogen and oxygen atoms in total. The van der Waals surface area contributed by atoms with Crippen molar-refractivity contribution in [2.75, 3.05) is 20.2 Å². The van der Waals surface area contributed by atoms with E-state index in [1.54, 1.807) is 30.3 Å². The van der Waals surface area contributed by atoms with Gasteiger partial charge in [-0.15, -0.1) is 10.2 Å². The third-order valence-electron chi connectivity index (χ3n) is 7.40. The van der Waals surface area contributed by atoms with Gasteiger partial charge in [0.15, 0.2) is 17.3 Å². The van der Waals surface area contributed by atoms with Gasteiger partial charge in [-0.25, -0.2) is 4.39 Å². The predicted octanol–water partition coefficient (Wildman–Crippen LogP) is 4.97. The maximum Gasteiger partial charge on any atom is 0.273 e. The third-order valence-corrected chi connectivity index (χ3v) is 7.40. The normalized spacial score (nSPS) is 13.7. The highest BCUT2D eigenvalue weighted by atomic mass is 19.1. The minimum atomic E-state index is -0.380. The molecule has 9 heteroatoms. The minimum Gasteiger partial charge on any atom is -0.493 e. The number of hydrogen-bond acceptors (Lipinski definition) is 6. The summed E-state index contributed by atoms with van der Waals surface area (Å²) in [4.78, 5) is 30.2. The SMILES string of the molecule is COc1cc(-c2nnc(CCC(=O)N3CCC(Cc4ccccc4)CC3)c(=O)[nH]2)ccc1OCc1cccc(F)c1. The summed E-state index contributed by atoms with van der Waals surface area (Å²) in [6.07, 6.45) is 3.44. The number of H-pyrrole nitrogens is 1. The van der Waals surface area contributed by atoms with Crippen molar-refractivity contribution < 1.29 is 18.7 Å². The van der Waals surface area contributed by atoms with Crippen molar-refractivity contribution in [1.82, 2.24) is 20.1 Å². The van der Waals surface area contributed by atoms with E-state index >= 15 is 0 Å². The van der Waals surface area contributed by atoms with Gasteiger partial charge >= 0.3 is 0 Å². The Balaban J connectivity index is 1.15. The number of benzene rings is 3. The second-order valence-corrected chi connectivity index (χ2v) is 10.2. The van der Waals surface area contributed by atoms with E-state index in [9.17, 15) is 14.0 Å². The molecule has 41 heavy (non-hydrogen) atoms. The Labute approximate surface area is 238 Å². The van der Waals surface area contributed by atoms with Crippen molar-refractivity contribution in [2.24, 2.45) is 5.92 Å². The highest BCUT2D eigenvalue weighted by Crippen LogP contribution is 2.31. The van der Waals surface area contributed by atoms with Crippen LogP contribution < -0.4 is 15.0 Å². The Morgan fingerprint density at radius 3 is 2.49 bits per heavy atom. The first kappa shape index (κ1) is 28.0. The standard InChI is InChI=1S/C32H33FN4O4/c1-40-29-20-25(10-12-28(29)41-21-24-8-5-9-26(33)19-24)31-34-32(39)27(35-36-31)11-13-30(38)37-16-14-23(15-17-37)18-22-6-3-2-4-7-22/h2-10,12,19-20,23H,11,13-18,21H2,1H3,(H,34,36,39). The fourth-order valence-electron chi connectivity index (χ4n) is 5.09. The maximum absolute atomic E-state index is 13.4. The summed E-state index contributed by atoms with van der Waals surface area (Å²) < 4.78 is 24.7. The average Bonchev–Trinajstić information content (AvgIpc) is 3.00.